The average molecular weight is 422 g/mol. The number of anilines is 1. The third-order valence-corrected chi connectivity index (χ3v) is 5.66. The van der Waals surface area contributed by atoms with Crippen LogP contribution >= 0.6 is 11.6 Å². The zero-order valence-corrected chi connectivity index (χ0v) is 16.8. The lowest BCUT2D eigenvalue weighted by molar-refractivity contribution is -0.122. The van der Waals surface area contributed by atoms with Crippen molar-refractivity contribution in [1.82, 2.24) is 4.72 Å². The monoisotopic (exact) mass is 421 g/mol. The summed E-state index contributed by atoms with van der Waals surface area (Å²) in [6, 6.07) is 12.7. The average Bonchev–Trinajstić information content (AvgIpc) is 3.16. The minimum atomic E-state index is -3.75. The Hall–Kier alpha value is -2.58. The van der Waals surface area contributed by atoms with Crippen LogP contribution in [0.1, 0.15) is 19.8 Å². The molecule has 3 rings (SSSR count). The molecule has 0 aromatic heterocycles. The maximum absolute atomic E-state index is 12.5. The van der Waals surface area contributed by atoms with Crippen molar-refractivity contribution in [3.63, 3.8) is 0 Å². The molecule has 1 aliphatic heterocycles. The van der Waals surface area contributed by atoms with Crippen molar-refractivity contribution in [2.75, 3.05) is 11.9 Å². The molecule has 0 radical (unpaired) electrons. The molecule has 2 aromatic carbocycles. The van der Waals surface area contributed by atoms with Gasteiger partial charge in [-0.3, -0.25) is 14.5 Å². The predicted molar refractivity (Wildman–Crippen MR) is 108 cm³/mol. The van der Waals surface area contributed by atoms with Crippen LogP contribution in [0, 0.1) is 0 Å². The Kier molecular flexibility index (Phi) is 6.21. The first-order chi connectivity index (χ1) is 13.3. The molecule has 1 aliphatic rings. The van der Waals surface area contributed by atoms with E-state index in [4.69, 9.17) is 16.3 Å². The number of carbonyl (C=O) groups is 1. The van der Waals surface area contributed by atoms with Gasteiger partial charge in [-0.15, -0.1) is 0 Å². The Morgan fingerprint density at radius 1 is 1.21 bits per heavy atom. The summed E-state index contributed by atoms with van der Waals surface area (Å²) in [5.74, 6) is 0.557. The number of ether oxygens (including phenoxy) is 1. The van der Waals surface area contributed by atoms with Crippen LogP contribution in [0.25, 0.3) is 0 Å². The Labute approximate surface area is 168 Å². The van der Waals surface area contributed by atoms with Gasteiger partial charge in [0.05, 0.1) is 4.90 Å². The second-order valence-corrected chi connectivity index (χ2v) is 8.39. The summed E-state index contributed by atoms with van der Waals surface area (Å²) < 4.78 is 33.0. The SMILES string of the molecule is CC(Oc1ccc(Cl)cc1)C(=O)Nc1cccc(S(=O)(=O)NC2=NCCC2)c1. The largest absolute Gasteiger partial charge is 0.481 e. The topological polar surface area (TPSA) is 96.9 Å². The van der Waals surface area contributed by atoms with Crippen molar-refractivity contribution in [2.24, 2.45) is 4.99 Å². The summed E-state index contributed by atoms with van der Waals surface area (Å²) in [5, 5.41) is 3.24. The minimum Gasteiger partial charge on any atom is -0.481 e. The fourth-order valence-electron chi connectivity index (χ4n) is 2.59. The number of benzene rings is 2. The predicted octanol–water partition coefficient (Wildman–Crippen LogP) is 3.22. The molecule has 9 heteroatoms. The van der Waals surface area contributed by atoms with Crippen LogP contribution in [0.2, 0.25) is 5.02 Å². The molecule has 2 N–H and O–H groups in total. The van der Waals surface area contributed by atoms with E-state index in [-0.39, 0.29) is 4.90 Å². The summed E-state index contributed by atoms with van der Waals surface area (Å²) in [7, 11) is -3.75. The van der Waals surface area contributed by atoms with Crippen LogP contribution in [0.3, 0.4) is 0 Å². The van der Waals surface area contributed by atoms with E-state index < -0.39 is 22.0 Å². The van der Waals surface area contributed by atoms with Crippen LogP contribution in [0.5, 0.6) is 5.75 Å². The minimum absolute atomic E-state index is 0.0474. The lowest BCUT2D eigenvalue weighted by Gasteiger charge is -2.15. The zero-order valence-electron chi connectivity index (χ0n) is 15.2. The van der Waals surface area contributed by atoms with E-state index in [1.807, 2.05) is 0 Å². The third-order valence-electron chi connectivity index (χ3n) is 4.03. The van der Waals surface area contributed by atoms with Gasteiger partial charge in [0.1, 0.15) is 11.6 Å². The third kappa shape index (κ3) is 5.24. The van der Waals surface area contributed by atoms with E-state index in [0.717, 1.165) is 6.42 Å². The van der Waals surface area contributed by atoms with E-state index in [1.54, 1.807) is 43.3 Å². The number of amidine groups is 1. The first-order valence-electron chi connectivity index (χ1n) is 8.73. The highest BCUT2D eigenvalue weighted by Crippen LogP contribution is 2.19. The highest BCUT2D eigenvalue weighted by molar-refractivity contribution is 7.90. The van der Waals surface area contributed by atoms with Crippen molar-refractivity contribution >= 4 is 39.1 Å². The second kappa shape index (κ2) is 8.62. The first kappa shape index (κ1) is 20.2. The van der Waals surface area contributed by atoms with Crippen molar-refractivity contribution < 1.29 is 17.9 Å². The van der Waals surface area contributed by atoms with E-state index in [2.05, 4.69) is 15.0 Å². The molecule has 2 aromatic rings. The molecule has 28 heavy (non-hydrogen) atoms. The Morgan fingerprint density at radius 2 is 1.96 bits per heavy atom. The Bertz CT molecular complexity index is 990. The van der Waals surface area contributed by atoms with Crippen LogP contribution in [0.4, 0.5) is 5.69 Å². The number of aliphatic imine (C=N–C) groups is 1. The maximum atomic E-state index is 12.5. The lowest BCUT2D eigenvalue weighted by atomic mass is 10.3. The molecule has 0 saturated heterocycles. The number of nitrogens with one attached hydrogen (secondary N) is 2. The van der Waals surface area contributed by atoms with Crippen LogP contribution in [-0.2, 0) is 14.8 Å². The van der Waals surface area contributed by atoms with Gasteiger partial charge in [0.25, 0.3) is 15.9 Å². The molecule has 1 atom stereocenters. The van der Waals surface area contributed by atoms with Gasteiger partial charge in [0.2, 0.25) is 0 Å². The number of sulfonamides is 1. The molecular weight excluding hydrogens is 402 g/mol. The fraction of sp³-hybridized carbons (Fsp3) is 0.263. The first-order valence-corrected chi connectivity index (χ1v) is 10.6. The summed E-state index contributed by atoms with van der Waals surface area (Å²) in [4.78, 5) is 16.5. The molecule has 0 bridgehead atoms. The molecule has 0 fully saturated rings. The quantitative estimate of drug-likeness (QED) is 0.748. The van der Waals surface area contributed by atoms with Crippen molar-refractivity contribution in [3.05, 3.63) is 53.6 Å². The molecule has 1 amide bonds. The van der Waals surface area contributed by atoms with Crippen LogP contribution < -0.4 is 14.8 Å². The van der Waals surface area contributed by atoms with Gasteiger partial charge in [-0.2, -0.15) is 0 Å². The molecular formula is C19H20ClN3O4S. The maximum Gasteiger partial charge on any atom is 0.265 e. The van der Waals surface area contributed by atoms with Crippen LogP contribution in [-0.4, -0.2) is 32.8 Å². The normalized spacial score (nSPS) is 14.9. The van der Waals surface area contributed by atoms with Crippen molar-refractivity contribution in [2.45, 2.75) is 30.8 Å². The lowest BCUT2D eigenvalue weighted by Crippen LogP contribution is -2.31. The van der Waals surface area contributed by atoms with Crippen molar-refractivity contribution in [1.29, 1.82) is 0 Å². The summed E-state index contributed by atoms with van der Waals surface area (Å²) in [5.41, 5.74) is 0.354. The number of hydrogen-bond donors (Lipinski definition) is 2. The summed E-state index contributed by atoms with van der Waals surface area (Å²) in [6.07, 6.45) is 0.654. The van der Waals surface area contributed by atoms with E-state index in [0.29, 0.717) is 35.3 Å². The fourth-order valence-corrected chi connectivity index (χ4v) is 3.85. The van der Waals surface area contributed by atoms with Crippen molar-refractivity contribution in [3.8, 4) is 5.75 Å². The number of carbonyl (C=O) groups excluding carboxylic acids is 1. The van der Waals surface area contributed by atoms with Gasteiger partial charge in [-0.1, -0.05) is 17.7 Å². The van der Waals surface area contributed by atoms with E-state index in [9.17, 15) is 13.2 Å². The zero-order chi connectivity index (χ0) is 20.1. The van der Waals surface area contributed by atoms with E-state index >= 15 is 0 Å². The van der Waals surface area contributed by atoms with Gasteiger partial charge in [0, 0.05) is 23.7 Å². The molecule has 1 unspecified atom stereocenters. The number of hydrogen-bond acceptors (Lipinski definition) is 5. The molecule has 7 nitrogen and oxygen atoms in total. The highest BCUT2D eigenvalue weighted by Gasteiger charge is 2.20. The Morgan fingerprint density at radius 3 is 2.64 bits per heavy atom. The Balaban J connectivity index is 1.66. The molecule has 148 valence electrons. The smallest absolute Gasteiger partial charge is 0.265 e. The number of amides is 1. The second-order valence-electron chi connectivity index (χ2n) is 6.27. The van der Waals surface area contributed by atoms with Gasteiger partial charge in [-0.05, 0) is 55.8 Å². The number of rotatable bonds is 6. The summed E-state index contributed by atoms with van der Waals surface area (Å²) in [6.45, 7) is 2.23. The molecule has 0 aliphatic carbocycles. The number of nitrogens with zero attached hydrogens (tertiary/aromatic N) is 1. The van der Waals surface area contributed by atoms with Gasteiger partial charge in [-0.25, -0.2) is 8.42 Å². The van der Waals surface area contributed by atoms with E-state index in [1.165, 1.54) is 12.1 Å². The summed E-state index contributed by atoms with van der Waals surface area (Å²) >= 11 is 5.83. The molecule has 0 spiro atoms. The van der Waals surface area contributed by atoms with Crippen LogP contribution in [0.15, 0.2) is 58.4 Å². The molecule has 1 heterocycles. The van der Waals surface area contributed by atoms with Gasteiger partial charge in [0.15, 0.2) is 6.10 Å². The standard InChI is InChI=1S/C19H20ClN3O4S/c1-13(27-16-9-7-14(20)8-10-16)19(24)22-15-4-2-5-17(12-15)28(25,26)23-18-6-3-11-21-18/h2,4-5,7-10,12-13H,3,6,11H2,1H3,(H,21,23)(H,22,24). The van der Waals surface area contributed by atoms with Gasteiger partial charge >= 0.3 is 0 Å². The number of halogens is 1. The molecule has 0 saturated carbocycles. The highest BCUT2D eigenvalue weighted by atomic mass is 35.5. The van der Waals surface area contributed by atoms with Gasteiger partial charge < -0.3 is 10.1 Å².